The van der Waals surface area contributed by atoms with Crippen LogP contribution >= 0.6 is 11.6 Å². The standard InChI is InChI=1S/C11H8ClF6NO/c1-9(10(13,14)15,11(16,17)18)8(20)19-7-4-2-3-6(12)5-7/h2-5H,1H3,(H,19,20). The van der Waals surface area contributed by atoms with Crippen LogP contribution in [0.3, 0.4) is 0 Å². The molecule has 0 aromatic heterocycles. The van der Waals surface area contributed by atoms with Crippen molar-refractivity contribution in [2.24, 2.45) is 5.41 Å². The maximum atomic E-state index is 12.6. The van der Waals surface area contributed by atoms with E-state index in [9.17, 15) is 31.1 Å². The molecule has 0 bridgehead atoms. The van der Waals surface area contributed by atoms with Gasteiger partial charge in [-0.05, 0) is 25.1 Å². The van der Waals surface area contributed by atoms with Crippen LogP contribution in [0, 0.1) is 5.41 Å². The van der Waals surface area contributed by atoms with E-state index in [1.54, 1.807) is 5.32 Å². The fourth-order valence-electron chi connectivity index (χ4n) is 1.24. The second kappa shape index (κ2) is 5.16. The van der Waals surface area contributed by atoms with Crippen LogP contribution in [-0.4, -0.2) is 18.3 Å². The molecule has 0 saturated heterocycles. The first-order valence-corrected chi connectivity index (χ1v) is 5.48. The molecule has 1 rings (SSSR count). The van der Waals surface area contributed by atoms with E-state index in [0.717, 1.165) is 12.1 Å². The summed E-state index contributed by atoms with van der Waals surface area (Å²) in [4.78, 5) is 11.4. The smallest absolute Gasteiger partial charge is 0.325 e. The molecule has 0 fully saturated rings. The minimum absolute atomic E-state index is 0.0588. The van der Waals surface area contributed by atoms with Crippen molar-refractivity contribution in [3.8, 4) is 0 Å². The highest BCUT2D eigenvalue weighted by Gasteiger charge is 2.72. The Morgan fingerprint density at radius 2 is 1.60 bits per heavy atom. The van der Waals surface area contributed by atoms with Crippen LogP contribution in [0.4, 0.5) is 32.0 Å². The summed E-state index contributed by atoms with van der Waals surface area (Å²) in [5.74, 6) is -2.22. The molecule has 0 atom stereocenters. The number of nitrogens with one attached hydrogen (secondary N) is 1. The summed E-state index contributed by atoms with van der Waals surface area (Å²) in [6.45, 7) is -0.215. The number of halogens is 7. The molecule has 112 valence electrons. The fourth-order valence-corrected chi connectivity index (χ4v) is 1.43. The van der Waals surface area contributed by atoms with Crippen molar-refractivity contribution in [2.75, 3.05) is 5.32 Å². The zero-order chi connectivity index (χ0) is 15.8. The van der Waals surface area contributed by atoms with Crippen LogP contribution in [0.25, 0.3) is 0 Å². The molecular formula is C11H8ClF6NO. The van der Waals surface area contributed by atoms with Gasteiger partial charge in [0.2, 0.25) is 11.3 Å². The van der Waals surface area contributed by atoms with E-state index in [1.165, 1.54) is 12.1 Å². The van der Waals surface area contributed by atoms with Gasteiger partial charge in [0, 0.05) is 10.7 Å². The van der Waals surface area contributed by atoms with Gasteiger partial charge in [0.05, 0.1) is 0 Å². The highest BCUT2D eigenvalue weighted by atomic mass is 35.5. The minimum Gasteiger partial charge on any atom is -0.325 e. The van der Waals surface area contributed by atoms with E-state index in [4.69, 9.17) is 11.6 Å². The summed E-state index contributed by atoms with van der Waals surface area (Å²) in [7, 11) is 0. The molecule has 0 aliphatic heterocycles. The number of carbonyl (C=O) groups is 1. The summed E-state index contributed by atoms with van der Waals surface area (Å²) in [5.41, 5.74) is -4.77. The number of hydrogen-bond acceptors (Lipinski definition) is 1. The van der Waals surface area contributed by atoms with Crippen LogP contribution < -0.4 is 5.32 Å². The lowest BCUT2D eigenvalue weighted by molar-refractivity contribution is -0.317. The molecule has 20 heavy (non-hydrogen) atoms. The molecule has 0 heterocycles. The predicted octanol–water partition coefficient (Wildman–Crippen LogP) is 4.41. The average molecular weight is 320 g/mol. The molecule has 1 amide bonds. The lowest BCUT2D eigenvalue weighted by Gasteiger charge is -2.32. The first kappa shape index (κ1) is 16.6. The third-order valence-electron chi connectivity index (χ3n) is 2.67. The molecule has 0 unspecified atom stereocenters. The Kier molecular flexibility index (Phi) is 4.28. The molecule has 0 aliphatic rings. The van der Waals surface area contributed by atoms with E-state index in [-0.39, 0.29) is 17.6 Å². The van der Waals surface area contributed by atoms with Crippen LogP contribution in [-0.2, 0) is 4.79 Å². The van der Waals surface area contributed by atoms with E-state index >= 15 is 0 Å². The molecule has 0 saturated carbocycles. The maximum Gasteiger partial charge on any atom is 0.411 e. The van der Waals surface area contributed by atoms with E-state index < -0.39 is 23.7 Å². The van der Waals surface area contributed by atoms with Gasteiger partial charge in [-0.2, -0.15) is 26.3 Å². The molecule has 0 aliphatic carbocycles. The van der Waals surface area contributed by atoms with Gasteiger partial charge in [-0.1, -0.05) is 17.7 Å². The van der Waals surface area contributed by atoms with Crippen LogP contribution in [0.5, 0.6) is 0 Å². The van der Waals surface area contributed by atoms with Gasteiger partial charge in [0.25, 0.3) is 0 Å². The molecule has 1 N–H and O–H groups in total. The number of hydrogen-bond donors (Lipinski definition) is 1. The first-order valence-electron chi connectivity index (χ1n) is 5.10. The molecule has 1 aromatic carbocycles. The second-order valence-electron chi connectivity index (χ2n) is 4.08. The third-order valence-corrected chi connectivity index (χ3v) is 2.91. The number of anilines is 1. The topological polar surface area (TPSA) is 29.1 Å². The quantitative estimate of drug-likeness (QED) is 0.804. The average Bonchev–Trinajstić information content (AvgIpc) is 2.24. The fraction of sp³-hybridized carbons (Fsp3) is 0.364. The largest absolute Gasteiger partial charge is 0.411 e. The van der Waals surface area contributed by atoms with E-state index in [0.29, 0.717) is 0 Å². The number of alkyl halides is 6. The second-order valence-corrected chi connectivity index (χ2v) is 4.52. The summed E-state index contributed by atoms with van der Waals surface area (Å²) in [6.07, 6.45) is -11.6. The third kappa shape index (κ3) is 3.00. The van der Waals surface area contributed by atoms with Crippen molar-refractivity contribution in [3.63, 3.8) is 0 Å². The van der Waals surface area contributed by atoms with Crippen molar-refractivity contribution in [1.82, 2.24) is 0 Å². The normalized spacial score (nSPS) is 13.2. The summed E-state index contributed by atoms with van der Waals surface area (Å²) in [5, 5.41) is 1.63. The SMILES string of the molecule is CC(C(=O)Nc1cccc(Cl)c1)(C(F)(F)F)C(F)(F)F. The Morgan fingerprint density at radius 3 is 2.00 bits per heavy atom. The van der Waals surface area contributed by atoms with Gasteiger partial charge >= 0.3 is 12.4 Å². The Hall–Kier alpha value is -1.44. The maximum absolute atomic E-state index is 12.6. The van der Waals surface area contributed by atoms with E-state index in [1.807, 2.05) is 0 Å². The minimum atomic E-state index is -5.78. The number of carbonyl (C=O) groups excluding carboxylic acids is 1. The lowest BCUT2D eigenvalue weighted by Crippen LogP contribution is -2.55. The zero-order valence-corrected chi connectivity index (χ0v) is 10.6. The Bertz CT molecular complexity index is 496. The highest BCUT2D eigenvalue weighted by Crippen LogP contribution is 2.50. The van der Waals surface area contributed by atoms with Gasteiger partial charge in [0.15, 0.2) is 0 Å². The highest BCUT2D eigenvalue weighted by molar-refractivity contribution is 6.30. The predicted molar refractivity (Wildman–Crippen MR) is 60.3 cm³/mol. The van der Waals surface area contributed by atoms with Gasteiger partial charge in [0.1, 0.15) is 0 Å². The van der Waals surface area contributed by atoms with Gasteiger partial charge in [-0.15, -0.1) is 0 Å². The number of rotatable bonds is 2. The van der Waals surface area contributed by atoms with Gasteiger partial charge < -0.3 is 5.32 Å². The first-order chi connectivity index (χ1) is 8.89. The monoisotopic (exact) mass is 319 g/mol. The Morgan fingerprint density at radius 1 is 1.10 bits per heavy atom. The molecule has 2 nitrogen and oxygen atoms in total. The van der Waals surface area contributed by atoms with Crippen molar-refractivity contribution < 1.29 is 31.1 Å². The van der Waals surface area contributed by atoms with Crippen LogP contribution in [0.1, 0.15) is 6.92 Å². The summed E-state index contributed by atoms with van der Waals surface area (Å²) < 4.78 is 75.8. The Labute approximate surface area is 114 Å². The molecule has 0 radical (unpaired) electrons. The van der Waals surface area contributed by atoms with Crippen LogP contribution in [0.2, 0.25) is 5.02 Å². The van der Waals surface area contributed by atoms with Gasteiger partial charge in [-0.25, -0.2) is 0 Å². The van der Waals surface area contributed by atoms with Crippen molar-refractivity contribution in [1.29, 1.82) is 0 Å². The van der Waals surface area contributed by atoms with Crippen molar-refractivity contribution in [3.05, 3.63) is 29.3 Å². The summed E-state index contributed by atoms with van der Waals surface area (Å²) in [6, 6.07) is 4.78. The number of benzene rings is 1. The Balaban J connectivity index is 3.15. The van der Waals surface area contributed by atoms with E-state index in [2.05, 4.69) is 0 Å². The van der Waals surface area contributed by atoms with Gasteiger partial charge in [-0.3, -0.25) is 4.79 Å². The molecular weight excluding hydrogens is 312 g/mol. The molecule has 1 aromatic rings. The zero-order valence-electron chi connectivity index (χ0n) is 9.86. The van der Waals surface area contributed by atoms with Crippen molar-refractivity contribution in [2.45, 2.75) is 19.3 Å². The summed E-state index contributed by atoms with van der Waals surface area (Å²) >= 11 is 5.53. The van der Waals surface area contributed by atoms with Crippen molar-refractivity contribution >= 4 is 23.2 Å². The molecule has 9 heteroatoms. The number of amides is 1. The molecule has 0 spiro atoms. The lowest BCUT2D eigenvalue weighted by atomic mass is 9.87. The van der Waals surface area contributed by atoms with Crippen LogP contribution in [0.15, 0.2) is 24.3 Å².